The first-order chi connectivity index (χ1) is 10.1. The Morgan fingerprint density at radius 1 is 1.38 bits per heavy atom. The molecule has 0 unspecified atom stereocenters. The van der Waals surface area contributed by atoms with Crippen LogP contribution in [-0.2, 0) is 16.6 Å². The van der Waals surface area contributed by atoms with Crippen molar-refractivity contribution in [3.05, 3.63) is 12.4 Å². The number of nitrogens with two attached hydrogens (primary N) is 1. The van der Waals surface area contributed by atoms with Gasteiger partial charge in [0.25, 0.3) is 0 Å². The second kappa shape index (κ2) is 7.38. The molecule has 7 heteroatoms. The van der Waals surface area contributed by atoms with Gasteiger partial charge in [0.15, 0.2) is 0 Å². The second-order valence-electron chi connectivity index (χ2n) is 5.58. The monoisotopic (exact) mass is 314 g/mol. The summed E-state index contributed by atoms with van der Waals surface area (Å²) < 4.78 is 28.9. The normalized spacial score (nSPS) is 17.5. The summed E-state index contributed by atoms with van der Waals surface area (Å²) in [4.78, 5) is 0.298. The Kier molecular flexibility index (Phi) is 5.78. The van der Waals surface area contributed by atoms with Gasteiger partial charge in [0, 0.05) is 25.3 Å². The lowest BCUT2D eigenvalue weighted by molar-refractivity contribution is 0.261. The SMILES string of the molecule is CCN(C1CCCCC1)S(=O)(=O)c1cnn(CCCN)c1. The summed E-state index contributed by atoms with van der Waals surface area (Å²) in [6.07, 6.45) is 9.25. The fraction of sp³-hybridized carbons (Fsp3) is 0.786. The van der Waals surface area contributed by atoms with Crippen LogP contribution in [0.2, 0.25) is 0 Å². The molecule has 0 bridgehead atoms. The van der Waals surface area contributed by atoms with E-state index in [-0.39, 0.29) is 6.04 Å². The highest BCUT2D eigenvalue weighted by Crippen LogP contribution is 2.27. The first-order valence-electron chi connectivity index (χ1n) is 7.84. The molecule has 2 N–H and O–H groups in total. The Bertz CT molecular complexity index is 535. The fourth-order valence-electron chi connectivity index (χ4n) is 2.98. The average Bonchev–Trinajstić information content (AvgIpc) is 2.96. The minimum atomic E-state index is -3.44. The van der Waals surface area contributed by atoms with Crippen LogP contribution in [0.4, 0.5) is 0 Å². The van der Waals surface area contributed by atoms with Gasteiger partial charge in [-0.05, 0) is 25.8 Å². The van der Waals surface area contributed by atoms with Crippen LogP contribution in [0.15, 0.2) is 17.3 Å². The summed E-state index contributed by atoms with van der Waals surface area (Å²) in [7, 11) is -3.44. The van der Waals surface area contributed by atoms with E-state index in [9.17, 15) is 8.42 Å². The van der Waals surface area contributed by atoms with E-state index >= 15 is 0 Å². The predicted octanol–water partition coefficient (Wildman–Crippen LogP) is 1.58. The van der Waals surface area contributed by atoms with E-state index in [2.05, 4.69) is 5.10 Å². The Balaban J connectivity index is 2.16. The molecule has 1 aromatic rings. The highest BCUT2D eigenvalue weighted by atomic mass is 32.2. The van der Waals surface area contributed by atoms with Crippen LogP contribution >= 0.6 is 0 Å². The van der Waals surface area contributed by atoms with Crippen molar-refractivity contribution < 1.29 is 8.42 Å². The standard InChI is InChI=1S/C14H26N4O2S/c1-2-18(13-7-4-3-5-8-13)21(19,20)14-11-16-17(12-14)10-6-9-15/h11-13H,2-10,15H2,1H3. The molecule has 120 valence electrons. The minimum Gasteiger partial charge on any atom is -0.330 e. The molecule has 6 nitrogen and oxygen atoms in total. The largest absolute Gasteiger partial charge is 0.330 e. The molecule has 1 aromatic heterocycles. The number of hydrogen-bond acceptors (Lipinski definition) is 4. The molecule has 1 aliphatic carbocycles. The quantitative estimate of drug-likeness (QED) is 0.828. The van der Waals surface area contributed by atoms with Gasteiger partial charge in [-0.1, -0.05) is 26.2 Å². The summed E-state index contributed by atoms with van der Waals surface area (Å²) >= 11 is 0. The van der Waals surface area contributed by atoms with Crippen molar-refractivity contribution in [3.63, 3.8) is 0 Å². The molecule has 1 heterocycles. The molecule has 0 spiro atoms. The highest BCUT2D eigenvalue weighted by molar-refractivity contribution is 7.89. The van der Waals surface area contributed by atoms with E-state index in [0.29, 0.717) is 24.5 Å². The van der Waals surface area contributed by atoms with Crippen molar-refractivity contribution in [2.75, 3.05) is 13.1 Å². The van der Waals surface area contributed by atoms with Gasteiger partial charge in [-0.25, -0.2) is 8.42 Å². The van der Waals surface area contributed by atoms with Crippen LogP contribution in [-0.4, -0.2) is 41.6 Å². The van der Waals surface area contributed by atoms with Gasteiger partial charge in [0.2, 0.25) is 10.0 Å². The molecule has 0 aromatic carbocycles. The molecule has 1 aliphatic rings. The number of rotatable bonds is 7. The topological polar surface area (TPSA) is 81.2 Å². The Morgan fingerprint density at radius 2 is 2.10 bits per heavy atom. The third kappa shape index (κ3) is 3.84. The maximum absolute atomic E-state index is 12.8. The summed E-state index contributed by atoms with van der Waals surface area (Å²) in [6, 6.07) is 0.140. The second-order valence-corrected chi connectivity index (χ2v) is 7.47. The van der Waals surface area contributed by atoms with Crippen molar-refractivity contribution in [1.29, 1.82) is 0 Å². The molecule has 0 radical (unpaired) electrons. The van der Waals surface area contributed by atoms with E-state index in [1.165, 1.54) is 12.6 Å². The first-order valence-corrected chi connectivity index (χ1v) is 9.28. The lowest BCUT2D eigenvalue weighted by atomic mass is 9.95. The Hall–Kier alpha value is -0.920. The summed E-state index contributed by atoms with van der Waals surface area (Å²) in [5.41, 5.74) is 5.47. The third-order valence-electron chi connectivity index (χ3n) is 4.10. The van der Waals surface area contributed by atoms with Gasteiger partial charge in [-0.2, -0.15) is 9.40 Å². The zero-order chi connectivity index (χ0) is 15.3. The van der Waals surface area contributed by atoms with Crippen LogP contribution < -0.4 is 5.73 Å². The maximum Gasteiger partial charge on any atom is 0.246 e. The Morgan fingerprint density at radius 3 is 2.71 bits per heavy atom. The fourth-order valence-corrected chi connectivity index (χ4v) is 4.63. The average molecular weight is 314 g/mol. The highest BCUT2D eigenvalue weighted by Gasteiger charge is 2.31. The molecule has 0 aliphatic heterocycles. The van der Waals surface area contributed by atoms with E-state index in [0.717, 1.165) is 32.1 Å². The molecule has 0 atom stereocenters. The van der Waals surface area contributed by atoms with Crippen LogP contribution in [0, 0.1) is 0 Å². The molecule has 2 rings (SSSR count). The molecule has 1 saturated carbocycles. The molecule has 1 fully saturated rings. The Labute approximate surface area is 127 Å². The molecule has 0 amide bonds. The maximum atomic E-state index is 12.8. The zero-order valence-electron chi connectivity index (χ0n) is 12.7. The smallest absolute Gasteiger partial charge is 0.246 e. The number of sulfonamides is 1. The van der Waals surface area contributed by atoms with Crippen LogP contribution in [0.3, 0.4) is 0 Å². The van der Waals surface area contributed by atoms with Crippen molar-refractivity contribution in [2.45, 2.75) is 62.9 Å². The molecule has 21 heavy (non-hydrogen) atoms. The van der Waals surface area contributed by atoms with Crippen molar-refractivity contribution >= 4 is 10.0 Å². The van der Waals surface area contributed by atoms with Crippen LogP contribution in [0.25, 0.3) is 0 Å². The van der Waals surface area contributed by atoms with Gasteiger partial charge in [-0.3, -0.25) is 4.68 Å². The van der Waals surface area contributed by atoms with Crippen molar-refractivity contribution in [1.82, 2.24) is 14.1 Å². The molecular formula is C14H26N4O2S. The van der Waals surface area contributed by atoms with E-state index in [1.54, 1.807) is 15.2 Å². The number of nitrogens with zero attached hydrogens (tertiary/aromatic N) is 3. The number of hydrogen-bond donors (Lipinski definition) is 1. The number of aromatic nitrogens is 2. The lowest BCUT2D eigenvalue weighted by Gasteiger charge is -2.32. The van der Waals surface area contributed by atoms with Gasteiger partial charge in [0.1, 0.15) is 4.90 Å². The van der Waals surface area contributed by atoms with Gasteiger partial charge < -0.3 is 5.73 Å². The van der Waals surface area contributed by atoms with E-state index in [4.69, 9.17) is 5.73 Å². The number of aryl methyl sites for hydroxylation is 1. The lowest BCUT2D eigenvalue weighted by Crippen LogP contribution is -2.41. The van der Waals surface area contributed by atoms with Crippen molar-refractivity contribution in [2.24, 2.45) is 5.73 Å². The van der Waals surface area contributed by atoms with Gasteiger partial charge in [-0.15, -0.1) is 0 Å². The molecule has 0 saturated heterocycles. The summed E-state index contributed by atoms with van der Waals surface area (Å²) in [6.45, 7) is 3.65. The van der Waals surface area contributed by atoms with Crippen LogP contribution in [0.1, 0.15) is 45.4 Å². The first kappa shape index (κ1) is 16.5. The predicted molar refractivity (Wildman–Crippen MR) is 82.3 cm³/mol. The van der Waals surface area contributed by atoms with Gasteiger partial charge >= 0.3 is 0 Å². The summed E-state index contributed by atoms with van der Waals surface area (Å²) in [5, 5.41) is 4.14. The van der Waals surface area contributed by atoms with E-state index in [1.807, 2.05) is 6.92 Å². The molecular weight excluding hydrogens is 288 g/mol. The third-order valence-corrected chi connectivity index (χ3v) is 6.08. The van der Waals surface area contributed by atoms with Gasteiger partial charge in [0.05, 0.1) is 6.20 Å². The summed E-state index contributed by atoms with van der Waals surface area (Å²) in [5.74, 6) is 0. The van der Waals surface area contributed by atoms with E-state index < -0.39 is 10.0 Å². The van der Waals surface area contributed by atoms with Crippen LogP contribution in [0.5, 0.6) is 0 Å². The van der Waals surface area contributed by atoms with Crippen molar-refractivity contribution in [3.8, 4) is 0 Å². The minimum absolute atomic E-state index is 0.140. The zero-order valence-corrected chi connectivity index (χ0v) is 13.6.